The number of hydrogen-bond donors (Lipinski definition) is 3. The Bertz CT molecular complexity index is 325. The molecule has 0 bridgehead atoms. The SMILES string of the molecule is CO.CO.CO.Cc1cc2ccccc2[cH-]1.[Ti]. The smallest absolute Gasteiger partial charge is 0.0319 e. The molecule has 2 aromatic carbocycles. The van der Waals surface area contributed by atoms with Crippen molar-refractivity contribution in [2.45, 2.75) is 6.92 Å². The van der Waals surface area contributed by atoms with Crippen molar-refractivity contribution < 1.29 is 37.0 Å². The second kappa shape index (κ2) is 15.4. The van der Waals surface area contributed by atoms with Gasteiger partial charge in [0.1, 0.15) is 0 Å². The maximum atomic E-state index is 7.00. The number of fused-ring (bicyclic) bond motifs is 1. The van der Waals surface area contributed by atoms with Gasteiger partial charge in [-0.3, -0.25) is 0 Å². The molecule has 0 aromatic heterocycles. The summed E-state index contributed by atoms with van der Waals surface area (Å²) in [7, 11) is 3.00. The van der Waals surface area contributed by atoms with Crippen molar-refractivity contribution in [1.29, 1.82) is 0 Å². The number of aliphatic hydroxyl groups is 3. The van der Waals surface area contributed by atoms with Crippen LogP contribution in [0.25, 0.3) is 10.8 Å². The van der Waals surface area contributed by atoms with E-state index in [1.807, 2.05) is 0 Å². The molecule has 0 aliphatic carbocycles. The van der Waals surface area contributed by atoms with E-state index in [1.165, 1.54) is 16.3 Å². The number of aliphatic hydroxyl groups excluding tert-OH is 3. The van der Waals surface area contributed by atoms with Crippen LogP contribution in [0, 0.1) is 6.92 Å². The Morgan fingerprint density at radius 3 is 1.82 bits per heavy atom. The third-order valence-electron chi connectivity index (χ3n) is 1.76. The van der Waals surface area contributed by atoms with Crippen molar-refractivity contribution >= 4 is 10.8 Å². The molecule has 0 saturated heterocycles. The maximum Gasteiger partial charge on any atom is 0.0319 e. The molecule has 4 heteroatoms. The van der Waals surface area contributed by atoms with Crippen LogP contribution in [0.5, 0.6) is 0 Å². The van der Waals surface area contributed by atoms with Crippen LogP contribution in [0.4, 0.5) is 0 Å². The Balaban J connectivity index is -0.000000248. The Morgan fingerprint density at radius 2 is 1.35 bits per heavy atom. The molecule has 96 valence electrons. The van der Waals surface area contributed by atoms with E-state index in [-0.39, 0.29) is 21.7 Å². The fraction of sp³-hybridized carbons (Fsp3) is 0.308. The second-order valence-corrected chi connectivity index (χ2v) is 2.66. The van der Waals surface area contributed by atoms with Gasteiger partial charge in [-0.2, -0.15) is 6.07 Å². The van der Waals surface area contributed by atoms with Gasteiger partial charge in [-0.15, -0.1) is 40.6 Å². The third kappa shape index (κ3) is 8.19. The van der Waals surface area contributed by atoms with Crippen molar-refractivity contribution in [2.75, 3.05) is 21.3 Å². The summed E-state index contributed by atoms with van der Waals surface area (Å²) in [5, 5.41) is 23.7. The summed E-state index contributed by atoms with van der Waals surface area (Å²) in [6.45, 7) is 2.12. The Kier molecular flexibility index (Phi) is 19.7. The van der Waals surface area contributed by atoms with Crippen molar-refractivity contribution in [1.82, 2.24) is 0 Å². The minimum absolute atomic E-state index is 0. The van der Waals surface area contributed by atoms with E-state index in [4.69, 9.17) is 15.3 Å². The van der Waals surface area contributed by atoms with Crippen LogP contribution in [0.15, 0.2) is 36.4 Å². The minimum Gasteiger partial charge on any atom is -0.400 e. The molecule has 3 N–H and O–H groups in total. The molecule has 0 radical (unpaired) electrons. The largest absolute Gasteiger partial charge is 0.400 e. The van der Waals surface area contributed by atoms with E-state index in [0.29, 0.717) is 0 Å². The van der Waals surface area contributed by atoms with Gasteiger partial charge in [-0.1, -0.05) is 13.0 Å². The molecule has 0 saturated carbocycles. The molecule has 0 atom stereocenters. The molecular formula is C13H21O3Ti-. The normalized spacial score (nSPS) is 7.24. The van der Waals surface area contributed by atoms with Crippen LogP contribution in [0.1, 0.15) is 5.56 Å². The molecule has 17 heavy (non-hydrogen) atoms. The first-order valence-corrected chi connectivity index (χ1v) is 4.82. The predicted molar refractivity (Wildman–Crippen MR) is 68.7 cm³/mol. The molecular weight excluding hydrogens is 252 g/mol. The Morgan fingerprint density at radius 1 is 0.882 bits per heavy atom. The molecule has 3 nitrogen and oxygen atoms in total. The van der Waals surface area contributed by atoms with Gasteiger partial charge in [0.2, 0.25) is 0 Å². The van der Waals surface area contributed by atoms with E-state index in [1.54, 1.807) is 0 Å². The molecule has 0 aliphatic rings. The van der Waals surface area contributed by atoms with Gasteiger partial charge in [0, 0.05) is 43.0 Å². The van der Waals surface area contributed by atoms with Crippen LogP contribution in [-0.4, -0.2) is 36.6 Å². The monoisotopic (exact) mass is 273 g/mol. The first kappa shape index (κ1) is 21.7. The second-order valence-electron chi connectivity index (χ2n) is 2.66. The van der Waals surface area contributed by atoms with Crippen LogP contribution in [0.2, 0.25) is 0 Å². The summed E-state index contributed by atoms with van der Waals surface area (Å²) >= 11 is 0. The number of hydrogen-bond acceptors (Lipinski definition) is 3. The summed E-state index contributed by atoms with van der Waals surface area (Å²) in [6, 6.07) is 12.8. The van der Waals surface area contributed by atoms with Gasteiger partial charge in [0.25, 0.3) is 0 Å². The van der Waals surface area contributed by atoms with Crippen LogP contribution in [0.3, 0.4) is 0 Å². The van der Waals surface area contributed by atoms with E-state index >= 15 is 0 Å². The molecule has 0 spiro atoms. The van der Waals surface area contributed by atoms with Crippen LogP contribution in [-0.2, 0) is 21.7 Å². The van der Waals surface area contributed by atoms with Gasteiger partial charge >= 0.3 is 0 Å². The topological polar surface area (TPSA) is 60.7 Å². The van der Waals surface area contributed by atoms with Crippen molar-refractivity contribution in [3.63, 3.8) is 0 Å². The summed E-state index contributed by atoms with van der Waals surface area (Å²) in [5.74, 6) is 0. The number of benzene rings is 1. The summed E-state index contributed by atoms with van der Waals surface area (Å²) in [4.78, 5) is 0. The van der Waals surface area contributed by atoms with Crippen molar-refractivity contribution in [3.05, 3.63) is 42.0 Å². The molecule has 0 fully saturated rings. The van der Waals surface area contributed by atoms with E-state index in [9.17, 15) is 0 Å². The van der Waals surface area contributed by atoms with Crippen molar-refractivity contribution in [2.24, 2.45) is 0 Å². The molecule has 2 aromatic rings. The molecule has 2 rings (SSSR count). The summed E-state index contributed by atoms with van der Waals surface area (Å²) in [5.41, 5.74) is 1.35. The van der Waals surface area contributed by atoms with E-state index < -0.39 is 0 Å². The fourth-order valence-corrected chi connectivity index (χ4v) is 1.31. The zero-order valence-electron chi connectivity index (χ0n) is 10.8. The van der Waals surface area contributed by atoms with Crippen LogP contribution < -0.4 is 0 Å². The zero-order chi connectivity index (χ0) is 13.0. The summed E-state index contributed by atoms with van der Waals surface area (Å²) < 4.78 is 0. The number of aryl methyl sites for hydroxylation is 1. The van der Waals surface area contributed by atoms with Gasteiger partial charge < -0.3 is 15.3 Å². The third-order valence-corrected chi connectivity index (χ3v) is 1.76. The number of rotatable bonds is 0. The standard InChI is InChI=1S/C10H9.3CH4O.Ti/c1-8-6-9-4-2-3-5-10(9)7-8;3*1-2;/h2-7H,1H3;3*2H,1H3;/q-1;;;;. The van der Waals surface area contributed by atoms with Crippen molar-refractivity contribution in [3.8, 4) is 0 Å². The van der Waals surface area contributed by atoms with Crippen LogP contribution >= 0.6 is 0 Å². The maximum absolute atomic E-state index is 7.00. The van der Waals surface area contributed by atoms with Gasteiger partial charge in [0.05, 0.1) is 0 Å². The first-order valence-electron chi connectivity index (χ1n) is 4.82. The summed E-state index contributed by atoms with van der Waals surface area (Å²) in [6.07, 6.45) is 0. The molecule has 0 amide bonds. The average molecular weight is 273 g/mol. The zero-order valence-corrected chi connectivity index (χ0v) is 12.4. The predicted octanol–water partition coefficient (Wildman–Crippen LogP) is 1.69. The first-order chi connectivity index (χ1) is 7.86. The quantitative estimate of drug-likeness (QED) is 0.505. The fourth-order valence-electron chi connectivity index (χ4n) is 1.31. The molecule has 0 aliphatic heterocycles. The molecule has 0 heterocycles. The Labute approximate surface area is 118 Å². The average Bonchev–Trinajstić information content (AvgIpc) is 2.76. The van der Waals surface area contributed by atoms with Gasteiger partial charge in [-0.25, -0.2) is 0 Å². The molecule has 0 unspecified atom stereocenters. The Hall–Kier alpha value is -0.576. The van der Waals surface area contributed by atoms with Gasteiger partial charge in [-0.05, 0) is 0 Å². The van der Waals surface area contributed by atoms with Gasteiger partial charge in [0.15, 0.2) is 0 Å². The van der Waals surface area contributed by atoms with E-state index in [2.05, 4.69) is 43.3 Å². The minimum atomic E-state index is 0. The van der Waals surface area contributed by atoms with E-state index in [0.717, 1.165) is 21.3 Å².